The second-order valence-electron chi connectivity index (χ2n) is 5.28. The molecule has 5 nitrogen and oxygen atoms in total. The van der Waals surface area contributed by atoms with E-state index in [1.807, 2.05) is 26.0 Å². The summed E-state index contributed by atoms with van der Waals surface area (Å²) in [6, 6.07) is 6.85. The fraction of sp³-hybridized carbons (Fsp3) is 0.600. The van der Waals surface area contributed by atoms with Crippen LogP contribution in [0.1, 0.15) is 32.3 Å². The minimum Gasteiger partial charge on any atom is -0.384 e. The van der Waals surface area contributed by atoms with Gasteiger partial charge in [-0.2, -0.15) is 0 Å². The van der Waals surface area contributed by atoms with Crippen molar-refractivity contribution in [2.45, 2.75) is 43.5 Å². The van der Waals surface area contributed by atoms with E-state index >= 15 is 0 Å². The molecule has 0 aromatic heterocycles. The van der Waals surface area contributed by atoms with Crippen molar-refractivity contribution in [1.29, 1.82) is 0 Å². The van der Waals surface area contributed by atoms with E-state index in [-0.39, 0.29) is 11.4 Å². The van der Waals surface area contributed by atoms with Crippen LogP contribution in [-0.4, -0.2) is 34.2 Å². The molecule has 1 aromatic carbocycles. The molecule has 0 heterocycles. The van der Waals surface area contributed by atoms with E-state index in [4.69, 9.17) is 10.5 Å². The van der Waals surface area contributed by atoms with E-state index in [1.54, 1.807) is 19.2 Å². The number of benzene rings is 1. The van der Waals surface area contributed by atoms with Crippen molar-refractivity contribution < 1.29 is 13.2 Å². The summed E-state index contributed by atoms with van der Waals surface area (Å²) in [4.78, 5) is 0.262. The Morgan fingerprint density at radius 3 is 2.24 bits per heavy atom. The smallest absolute Gasteiger partial charge is 0.240 e. The average Bonchev–Trinajstić information content (AvgIpc) is 2.51. The zero-order chi connectivity index (χ0) is 15.9. The molecule has 0 radical (unpaired) electrons. The Morgan fingerprint density at radius 1 is 1.19 bits per heavy atom. The average molecular weight is 314 g/mol. The first-order valence-corrected chi connectivity index (χ1v) is 8.71. The van der Waals surface area contributed by atoms with Gasteiger partial charge in [-0.15, -0.1) is 0 Å². The molecule has 0 aliphatic rings. The maximum Gasteiger partial charge on any atom is 0.240 e. The summed E-state index contributed by atoms with van der Waals surface area (Å²) in [6.45, 7) is 4.78. The number of hydrogen-bond donors (Lipinski definition) is 2. The van der Waals surface area contributed by atoms with Gasteiger partial charge in [-0.3, -0.25) is 0 Å². The SMILES string of the molecule is CCC(N)(CC)CNS(=O)(=O)c1ccc(CCOC)cc1. The van der Waals surface area contributed by atoms with Gasteiger partial charge in [-0.05, 0) is 37.0 Å². The van der Waals surface area contributed by atoms with Crippen LogP contribution in [-0.2, 0) is 21.2 Å². The van der Waals surface area contributed by atoms with Crippen molar-refractivity contribution in [3.05, 3.63) is 29.8 Å². The van der Waals surface area contributed by atoms with Crippen LogP contribution in [0.25, 0.3) is 0 Å². The Bertz CT molecular complexity index is 522. The lowest BCUT2D eigenvalue weighted by Gasteiger charge is -2.26. The minimum atomic E-state index is -3.51. The van der Waals surface area contributed by atoms with Gasteiger partial charge in [0.2, 0.25) is 10.0 Å². The predicted molar refractivity (Wildman–Crippen MR) is 84.7 cm³/mol. The maximum atomic E-state index is 12.2. The van der Waals surface area contributed by atoms with Crippen LogP contribution in [0.5, 0.6) is 0 Å². The summed E-state index contributed by atoms with van der Waals surface area (Å²) >= 11 is 0. The van der Waals surface area contributed by atoms with Crippen molar-refractivity contribution in [3.63, 3.8) is 0 Å². The molecular weight excluding hydrogens is 288 g/mol. The minimum absolute atomic E-state index is 0.244. The van der Waals surface area contributed by atoms with E-state index in [2.05, 4.69) is 4.72 Å². The van der Waals surface area contributed by atoms with Gasteiger partial charge in [0.25, 0.3) is 0 Å². The van der Waals surface area contributed by atoms with Gasteiger partial charge in [0, 0.05) is 19.2 Å². The molecule has 1 aromatic rings. The van der Waals surface area contributed by atoms with E-state index in [9.17, 15) is 8.42 Å². The molecule has 120 valence electrons. The second-order valence-corrected chi connectivity index (χ2v) is 7.05. The number of methoxy groups -OCH3 is 1. The summed E-state index contributed by atoms with van der Waals surface area (Å²) in [6.07, 6.45) is 2.21. The summed E-state index contributed by atoms with van der Waals surface area (Å²) in [5.74, 6) is 0. The summed E-state index contributed by atoms with van der Waals surface area (Å²) in [5, 5.41) is 0. The van der Waals surface area contributed by atoms with Crippen molar-refractivity contribution in [1.82, 2.24) is 4.72 Å². The fourth-order valence-corrected chi connectivity index (χ4v) is 3.02. The van der Waals surface area contributed by atoms with E-state index in [0.29, 0.717) is 6.61 Å². The van der Waals surface area contributed by atoms with Gasteiger partial charge in [0.15, 0.2) is 0 Å². The van der Waals surface area contributed by atoms with Gasteiger partial charge in [-0.25, -0.2) is 13.1 Å². The molecule has 0 spiro atoms. The zero-order valence-electron chi connectivity index (χ0n) is 13.1. The first-order chi connectivity index (χ1) is 9.87. The first-order valence-electron chi connectivity index (χ1n) is 7.23. The van der Waals surface area contributed by atoms with Crippen molar-refractivity contribution in [2.24, 2.45) is 5.73 Å². The monoisotopic (exact) mass is 314 g/mol. The molecule has 0 bridgehead atoms. The Hall–Kier alpha value is -0.950. The molecule has 3 N–H and O–H groups in total. The lowest BCUT2D eigenvalue weighted by Crippen LogP contribution is -2.49. The molecule has 0 aliphatic carbocycles. The Morgan fingerprint density at radius 2 is 1.76 bits per heavy atom. The molecule has 6 heteroatoms. The number of ether oxygens (including phenoxy) is 1. The topological polar surface area (TPSA) is 81.4 Å². The fourth-order valence-electron chi connectivity index (χ4n) is 1.88. The van der Waals surface area contributed by atoms with Crippen LogP contribution in [0.2, 0.25) is 0 Å². The highest BCUT2D eigenvalue weighted by Crippen LogP contribution is 2.14. The predicted octanol–water partition coefficient (Wildman–Crippen LogP) is 1.67. The van der Waals surface area contributed by atoms with Crippen molar-refractivity contribution in [3.8, 4) is 0 Å². The van der Waals surface area contributed by atoms with Crippen LogP contribution in [0.15, 0.2) is 29.2 Å². The lowest BCUT2D eigenvalue weighted by molar-refractivity contribution is 0.202. The van der Waals surface area contributed by atoms with E-state index in [1.165, 1.54) is 0 Å². The molecule has 0 fully saturated rings. The third-order valence-corrected chi connectivity index (χ3v) is 5.27. The van der Waals surface area contributed by atoms with Crippen LogP contribution < -0.4 is 10.5 Å². The molecule has 1 rings (SSSR count). The third kappa shape index (κ3) is 5.39. The summed E-state index contributed by atoms with van der Waals surface area (Å²) < 4.78 is 32.1. The summed E-state index contributed by atoms with van der Waals surface area (Å²) in [7, 11) is -1.87. The highest BCUT2D eigenvalue weighted by Gasteiger charge is 2.23. The Kier molecular flexibility index (Phi) is 6.80. The molecule has 21 heavy (non-hydrogen) atoms. The van der Waals surface area contributed by atoms with Gasteiger partial charge < -0.3 is 10.5 Å². The van der Waals surface area contributed by atoms with Gasteiger partial charge in [0.05, 0.1) is 11.5 Å². The Balaban J connectivity index is 2.74. The van der Waals surface area contributed by atoms with Gasteiger partial charge in [0.1, 0.15) is 0 Å². The van der Waals surface area contributed by atoms with E-state index in [0.717, 1.165) is 24.8 Å². The van der Waals surface area contributed by atoms with E-state index < -0.39 is 15.6 Å². The zero-order valence-corrected chi connectivity index (χ0v) is 13.9. The van der Waals surface area contributed by atoms with Crippen LogP contribution in [0.4, 0.5) is 0 Å². The van der Waals surface area contributed by atoms with Crippen LogP contribution >= 0.6 is 0 Å². The standard InChI is InChI=1S/C15H26N2O3S/c1-4-15(16,5-2)12-17-21(18,19)14-8-6-13(7-9-14)10-11-20-3/h6-9,17H,4-5,10-12,16H2,1-3H3. The molecule has 0 amide bonds. The quantitative estimate of drug-likeness (QED) is 0.726. The molecule has 0 saturated heterocycles. The summed E-state index contributed by atoms with van der Waals surface area (Å²) in [5.41, 5.74) is 6.67. The lowest BCUT2D eigenvalue weighted by atomic mass is 9.95. The second kappa shape index (κ2) is 7.89. The number of nitrogens with two attached hydrogens (primary N) is 1. The number of nitrogens with one attached hydrogen (secondary N) is 1. The molecule has 0 saturated carbocycles. The van der Waals surface area contributed by atoms with Gasteiger partial charge in [-0.1, -0.05) is 26.0 Å². The normalized spacial score (nSPS) is 12.6. The molecule has 0 atom stereocenters. The number of sulfonamides is 1. The van der Waals surface area contributed by atoms with Crippen molar-refractivity contribution >= 4 is 10.0 Å². The molecule has 0 aliphatic heterocycles. The van der Waals surface area contributed by atoms with Crippen LogP contribution in [0, 0.1) is 0 Å². The van der Waals surface area contributed by atoms with Gasteiger partial charge >= 0.3 is 0 Å². The highest BCUT2D eigenvalue weighted by molar-refractivity contribution is 7.89. The molecule has 0 unspecified atom stereocenters. The maximum absolute atomic E-state index is 12.2. The first kappa shape index (κ1) is 18.1. The van der Waals surface area contributed by atoms with Crippen molar-refractivity contribution in [2.75, 3.05) is 20.3 Å². The highest BCUT2D eigenvalue weighted by atomic mass is 32.2. The largest absolute Gasteiger partial charge is 0.384 e. The molecular formula is C15H26N2O3S. The third-order valence-electron chi connectivity index (χ3n) is 3.85. The van der Waals surface area contributed by atoms with Crippen LogP contribution in [0.3, 0.4) is 0 Å². The number of rotatable bonds is 9. The number of hydrogen-bond acceptors (Lipinski definition) is 4. The Labute approximate surface area is 127 Å².